The summed E-state index contributed by atoms with van der Waals surface area (Å²) in [5, 5.41) is 0. The number of benzene rings is 1. The highest BCUT2D eigenvalue weighted by Gasteiger charge is 2.20. The molecule has 4 heteroatoms. The van der Waals surface area contributed by atoms with Crippen LogP contribution in [0.15, 0.2) is 22.7 Å². The second kappa shape index (κ2) is 5.74. The molecule has 0 atom stereocenters. The average molecular weight is 311 g/mol. The van der Waals surface area contributed by atoms with Crippen LogP contribution in [0.3, 0.4) is 0 Å². The summed E-state index contributed by atoms with van der Waals surface area (Å²) in [6.07, 6.45) is 0.607. The molecular weight excluding hydrogens is 292 g/mol. The van der Waals surface area contributed by atoms with Crippen molar-refractivity contribution >= 4 is 27.5 Å². The number of halogens is 1. The Kier molecular flexibility index (Phi) is 4.27. The van der Waals surface area contributed by atoms with Crippen molar-refractivity contribution in [2.75, 3.05) is 31.1 Å². The maximum Gasteiger partial charge on any atom is 0.222 e. The van der Waals surface area contributed by atoms with Gasteiger partial charge >= 0.3 is 0 Å². The molecule has 1 aromatic carbocycles. The monoisotopic (exact) mass is 310 g/mol. The SMILES string of the molecule is CCC(=O)N1CCN(c2ccc(C)c(Br)c2)CC1. The van der Waals surface area contributed by atoms with E-state index in [9.17, 15) is 4.79 Å². The average Bonchev–Trinajstić information content (AvgIpc) is 2.41. The number of carbonyl (C=O) groups is 1. The second-order valence-electron chi connectivity index (χ2n) is 4.65. The lowest BCUT2D eigenvalue weighted by atomic mass is 10.2. The Bertz CT molecular complexity index is 439. The molecule has 1 aliphatic heterocycles. The van der Waals surface area contributed by atoms with Crippen LogP contribution in [0.1, 0.15) is 18.9 Å². The highest BCUT2D eigenvalue weighted by atomic mass is 79.9. The molecule has 3 nitrogen and oxygen atoms in total. The first-order valence-corrected chi connectivity index (χ1v) is 7.20. The number of aryl methyl sites for hydroxylation is 1. The predicted molar refractivity (Wildman–Crippen MR) is 78.0 cm³/mol. The summed E-state index contributed by atoms with van der Waals surface area (Å²) >= 11 is 3.57. The zero-order valence-corrected chi connectivity index (χ0v) is 12.5. The maximum absolute atomic E-state index is 11.6. The molecule has 2 rings (SSSR count). The van der Waals surface area contributed by atoms with Crippen LogP contribution in [0.4, 0.5) is 5.69 Å². The van der Waals surface area contributed by atoms with Crippen LogP contribution in [-0.2, 0) is 4.79 Å². The summed E-state index contributed by atoms with van der Waals surface area (Å²) in [6.45, 7) is 7.51. The molecule has 1 fully saturated rings. The van der Waals surface area contributed by atoms with E-state index >= 15 is 0 Å². The van der Waals surface area contributed by atoms with Gasteiger partial charge in [-0.15, -0.1) is 0 Å². The second-order valence-corrected chi connectivity index (χ2v) is 5.51. The molecule has 1 saturated heterocycles. The third-order valence-electron chi connectivity index (χ3n) is 3.46. The van der Waals surface area contributed by atoms with Crippen molar-refractivity contribution in [3.05, 3.63) is 28.2 Å². The standard InChI is InChI=1S/C14H19BrN2O/c1-3-14(18)17-8-6-16(7-9-17)12-5-4-11(2)13(15)10-12/h4-5,10H,3,6-9H2,1-2H3. The molecule has 0 spiro atoms. The highest BCUT2D eigenvalue weighted by molar-refractivity contribution is 9.10. The Hall–Kier alpha value is -1.03. The molecule has 0 unspecified atom stereocenters. The minimum atomic E-state index is 0.264. The van der Waals surface area contributed by atoms with E-state index in [1.807, 2.05) is 11.8 Å². The van der Waals surface area contributed by atoms with Crippen molar-refractivity contribution in [2.24, 2.45) is 0 Å². The third-order valence-corrected chi connectivity index (χ3v) is 4.31. The zero-order chi connectivity index (χ0) is 13.1. The van der Waals surface area contributed by atoms with Gasteiger partial charge in [-0.25, -0.2) is 0 Å². The van der Waals surface area contributed by atoms with Crippen molar-refractivity contribution in [2.45, 2.75) is 20.3 Å². The first-order valence-electron chi connectivity index (χ1n) is 6.40. The van der Waals surface area contributed by atoms with Crippen molar-refractivity contribution in [3.63, 3.8) is 0 Å². The number of amides is 1. The van der Waals surface area contributed by atoms with Gasteiger partial charge in [-0.2, -0.15) is 0 Å². The Balaban J connectivity index is 2.01. The molecule has 0 bridgehead atoms. The van der Waals surface area contributed by atoms with Crippen LogP contribution in [0, 0.1) is 6.92 Å². The number of hydrogen-bond acceptors (Lipinski definition) is 2. The number of nitrogens with zero attached hydrogens (tertiary/aromatic N) is 2. The molecule has 1 aliphatic rings. The lowest BCUT2D eigenvalue weighted by molar-refractivity contribution is -0.131. The molecule has 1 amide bonds. The van der Waals surface area contributed by atoms with Gasteiger partial charge in [-0.05, 0) is 24.6 Å². The molecule has 1 heterocycles. The van der Waals surface area contributed by atoms with Gasteiger partial charge in [0, 0.05) is 42.8 Å². The van der Waals surface area contributed by atoms with Crippen LogP contribution in [0.25, 0.3) is 0 Å². The summed E-state index contributed by atoms with van der Waals surface area (Å²) in [6, 6.07) is 6.44. The van der Waals surface area contributed by atoms with Gasteiger partial charge < -0.3 is 9.80 Å². The van der Waals surface area contributed by atoms with Crippen LogP contribution in [-0.4, -0.2) is 37.0 Å². The summed E-state index contributed by atoms with van der Waals surface area (Å²) in [5.41, 5.74) is 2.48. The first kappa shape index (κ1) is 13.4. The van der Waals surface area contributed by atoms with Gasteiger partial charge in [-0.1, -0.05) is 28.9 Å². The highest BCUT2D eigenvalue weighted by Crippen LogP contribution is 2.24. The largest absolute Gasteiger partial charge is 0.368 e. The fraction of sp³-hybridized carbons (Fsp3) is 0.500. The summed E-state index contributed by atoms with van der Waals surface area (Å²) in [4.78, 5) is 15.9. The number of carbonyl (C=O) groups excluding carboxylic acids is 1. The van der Waals surface area contributed by atoms with Gasteiger partial charge in [0.2, 0.25) is 5.91 Å². The van der Waals surface area contributed by atoms with Crippen LogP contribution < -0.4 is 4.90 Å². The van der Waals surface area contributed by atoms with E-state index in [1.165, 1.54) is 11.3 Å². The van der Waals surface area contributed by atoms with E-state index < -0.39 is 0 Å². The number of piperazine rings is 1. The summed E-state index contributed by atoms with van der Waals surface area (Å²) in [7, 11) is 0. The maximum atomic E-state index is 11.6. The normalized spacial score (nSPS) is 15.9. The number of anilines is 1. The van der Waals surface area contributed by atoms with E-state index in [1.54, 1.807) is 0 Å². The topological polar surface area (TPSA) is 23.6 Å². The molecule has 0 aromatic heterocycles. The first-order chi connectivity index (χ1) is 8.61. The van der Waals surface area contributed by atoms with Crippen LogP contribution in [0.5, 0.6) is 0 Å². The van der Waals surface area contributed by atoms with Crippen LogP contribution >= 0.6 is 15.9 Å². The van der Waals surface area contributed by atoms with Crippen molar-refractivity contribution in [1.82, 2.24) is 4.90 Å². The van der Waals surface area contributed by atoms with Crippen LogP contribution in [0.2, 0.25) is 0 Å². The lowest BCUT2D eigenvalue weighted by Gasteiger charge is -2.36. The lowest BCUT2D eigenvalue weighted by Crippen LogP contribution is -2.48. The Morgan fingerprint density at radius 3 is 2.50 bits per heavy atom. The van der Waals surface area contributed by atoms with E-state index in [0.29, 0.717) is 6.42 Å². The molecule has 98 valence electrons. The smallest absolute Gasteiger partial charge is 0.222 e. The minimum Gasteiger partial charge on any atom is -0.368 e. The molecule has 1 aromatic rings. The fourth-order valence-corrected chi connectivity index (χ4v) is 2.58. The van der Waals surface area contributed by atoms with Crippen molar-refractivity contribution in [3.8, 4) is 0 Å². The van der Waals surface area contributed by atoms with Gasteiger partial charge in [0.05, 0.1) is 0 Å². The molecular formula is C14H19BrN2O. The fourth-order valence-electron chi connectivity index (χ4n) is 2.22. The number of hydrogen-bond donors (Lipinski definition) is 0. The van der Waals surface area contributed by atoms with E-state index in [2.05, 4.69) is 46.0 Å². The van der Waals surface area contributed by atoms with Crippen molar-refractivity contribution < 1.29 is 4.79 Å². The summed E-state index contributed by atoms with van der Waals surface area (Å²) < 4.78 is 1.15. The Morgan fingerprint density at radius 1 is 1.28 bits per heavy atom. The number of rotatable bonds is 2. The zero-order valence-electron chi connectivity index (χ0n) is 10.9. The van der Waals surface area contributed by atoms with E-state index in [4.69, 9.17) is 0 Å². The minimum absolute atomic E-state index is 0.264. The van der Waals surface area contributed by atoms with Crippen molar-refractivity contribution in [1.29, 1.82) is 0 Å². The summed E-state index contributed by atoms with van der Waals surface area (Å²) in [5.74, 6) is 0.264. The molecule has 0 aliphatic carbocycles. The predicted octanol–water partition coefficient (Wildman–Crippen LogP) is 2.82. The molecule has 0 radical (unpaired) electrons. The third kappa shape index (κ3) is 2.86. The van der Waals surface area contributed by atoms with E-state index in [0.717, 1.165) is 30.7 Å². The van der Waals surface area contributed by atoms with Gasteiger partial charge in [0.15, 0.2) is 0 Å². The molecule has 0 saturated carbocycles. The van der Waals surface area contributed by atoms with Gasteiger partial charge in [0.25, 0.3) is 0 Å². The Labute approximate surface area is 117 Å². The molecule has 18 heavy (non-hydrogen) atoms. The van der Waals surface area contributed by atoms with E-state index in [-0.39, 0.29) is 5.91 Å². The molecule has 0 N–H and O–H groups in total. The van der Waals surface area contributed by atoms with Gasteiger partial charge in [0.1, 0.15) is 0 Å². The quantitative estimate of drug-likeness (QED) is 0.838. The van der Waals surface area contributed by atoms with Gasteiger partial charge in [-0.3, -0.25) is 4.79 Å². The Morgan fingerprint density at radius 2 is 1.94 bits per heavy atom.